The number of benzene rings is 2. The van der Waals surface area contributed by atoms with Crippen LogP contribution in [0.1, 0.15) is 51.0 Å². The van der Waals surface area contributed by atoms with E-state index < -0.39 is 71.1 Å². The lowest BCUT2D eigenvalue weighted by atomic mass is 9.93. The van der Waals surface area contributed by atoms with Crippen molar-refractivity contribution in [1.29, 1.82) is 0 Å². The van der Waals surface area contributed by atoms with E-state index in [-0.39, 0.29) is 55.6 Å². The van der Waals surface area contributed by atoms with E-state index in [9.17, 15) is 34.4 Å². The van der Waals surface area contributed by atoms with Gasteiger partial charge in [0.1, 0.15) is 38.5 Å². The van der Waals surface area contributed by atoms with Crippen molar-refractivity contribution in [3.63, 3.8) is 0 Å². The van der Waals surface area contributed by atoms with Gasteiger partial charge >= 0.3 is 47.0 Å². The zero-order chi connectivity index (χ0) is 40.2. The smallest absolute Gasteiger partial charge is 0.410 e. The molecule has 21 heteroatoms. The molecule has 2 aromatic carbocycles. The van der Waals surface area contributed by atoms with Crippen LogP contribution in [-0.2, 0) is 52.7 Å². The lowest BCUT2D eigenvalue weighted by Gasteiger charge is -2.37. The summed E-state index contributed by atoms with van der Waals surface area (Å²) in [5, 5.41) is 33.2. The van der Waals surface area contributed by atoms with Gasteiger partial charge in [0.05, 0.1) is 30.6 Å². The van der Waals surface area contributed by atoms with Crippen LogP contribution >= 0.6 is 0 Å². The highest BCUT2D eigenvalue weighted by Crippen LogP contribution is 2.25. The topological polar surface area (TPSA) is 262 Å². The number of amides is 1. The molecule has 1 aliphatic heterocycles. The van der Waals surface area contributed by atoms with Crippen molar-refractivity contribution in [2.75, 3.05) is 40.6 Å². The number of nitrogens with one attached hydrogen (secondary N) is 1. The van der Waals surface area contributed by atoms with Crippen molar-refractivity contribution >= 4 is 29.8 Å². The van der Waals surface area contributed by atoms with Crippen LogP contribution in [0.15, 0.2) is 63.9 Å². The van der Waals surface area contributed by atoms with Gasteiger partial charge in [0.25, 0.3) is 0 Å². The van der Waals surface area contributed by atoms with E-state index in [1.807, 2.05) is 54.6 Å². The van der Waals surface area contributed by atoms with Gasteiger partial charge in [-0.1, -0.05) is 54.6 Å². The summed E-state index contributed by atoms with van der Waals surface area (Å²) in [7, 11) is 2.11. The molecule has 0 unspecified atom stereocenters. The minimum Gasteiger partial charge on any atom is -0.462 e. The van der Waals surface area contributed by atoms with Crippen LogP contribution in [-0.4, -0.2) is 104 Å². The number of hydrogen-bond acceptors (Lipinski definition) is 18. The summed E-state index contributed by atoms with van der Waals surface area (Å²) in [5.41, 5.74) is 1.33. The highest BCUT2D eigenvalue weighted by Gasteiger charge is 2.39. The largest absolute Gasteiger partial charge is 0.462 e. The lowest BCUT2D eigenvalue weighted by Crippen LogP contribution is -2.56. The van der Waals surface area contributed by atoms with E-state index in [0.717, 1.165) is 30.9 Å². The lowest BCUT2D eigenvalue weighted by molar-refractivity contribution is -0.804. The number of fused-ring (bicyclic) bond motifs is 1. The molecule has 0 bridgehead atoms. The number of rotatable bonds is 18. The zero-order valence-electron chi connectivity index (χ0n) is 30.4. The van der Waals surface area contributed by atoms with Gasteiger partial charge in [0.15, 0.2) is 0 Å². The molecular formula is C35H38N6O15. The summed E-state index contributed by atoms with van der Waals surface area (Å²) >= 11 is 0. The van der Waals surface area contributed by atoms with Crippen molar-refractivity contribution < 1.29 is 71.5 Å². The van der Waals surface area contributed by atoms with Gasteiger partial charge in [-0.15, -0.1) is 0 Å². The molecule has 0 saturated carbocycles. The maximum Gasteiger partial charge on any atom is 0.410 e. The highest BCUT2D eigenvalue weighted by atomic mass is 16.8. The van der Waals surface area contributed by atoms with Crippen LogP contribution in [0.2, 0.25) is 0 Å². The van der Waals surface area contributed by atoms with Crippen LogP contribution < -0.4 is 24.6 Å². The molecule has 56 heavy (non-hydrogen) atoms. The molecule has 2 aromatic heterocycles. The van der Waals surface area contributed by atoms with E-state index in [1.54, 1.807) is 6.92 Å². The highest BCUT2D eigenvalue weighted by molar-refractivity contribution is 5.89. The van der Waals surface area contributed by atoms with E-state index in [1.165, 1.54) is 4.90 Å². The molecule has 0 aliphatic carbocycles. The first kappa shape index (κ1) is 40.4. The monoisotopic (exact) mass is 782 g/mol. The Morgan fingerprint density at radius 2 is 1.38 bits per heavy atom. The molecule has 5 rings (SSSR count). The predicted octanol–water partition coefficient (Wildman–Crippen LogP) is -0.0202. The molecule has 4 aromatic rings. The predicted molar refractivity (Wildman–Crippen MR) is 182 cm³/mol. The molecule has 298 valence electrons. The van der Waals surface area contributed by atoms with Crippen molar-refractivity contribution in [1.82, 2.24) is 20.5 Å². The van der Waals surface area contributed by atoms with Crippen LogP contribution in [0.5, 0.6) is 11.8 Å². The van der Waals surface area contributed by atoms with Gasteiger partial charge in [0, 0.05) is 13.0 Å². The first-order valence-corrected chi connectivity index (χ1v) is 17.1. The zero-order valence-corrected chi connectivity index (χ0v) is 30.4. The van der Waals surface area contributed by atoms with Crippen molar-refractivity contribution in [3.8, 4) is 11.8 Å². The Hall–Kier alpha value is -6.77. The van der Waals surface area contributed by atoms with Crippen LogP contribution in [0, 0.1) is 10.4 Å². The summed E-state index contributed by atoms with van der Waals surface area (Å²) in [6, 6.07) is 13.6. The maximum absolute atomic E-state index is 14.1. The Kier molecular flexibility index (Phi) is 13.7. The number of aromatic nitrogens is 4. The van der Waals surface area contributed by atoms with E-state index >= 15 is 0 Å². The number of aryl methyl sites for hydroxylation is 1. The number of hydrogen-bond donors (Lipinski definition) is 1. The molecule has 0 spiro atoms. The van der Waals surface area contributed by atoms with Crippen molar-refractivity contribution in [2.24, 2.45) is 0 Å². The molecule has 1 amide bonds. The number of ether oxygens (including phenoxy) is 6. The second kappa shape index (κ2) is 19.0. The molecule has 0 fully saturated rings. The minimum absolute atomic E-state index is 0.0671. The van der Waals surface area contributed by atoms with Gasteiger partial charge in [0.2, 0.25) is 5.91 Å². The number of carbonyl (C=O) groups excluding carboxylic acids is 5. The standard InChI is InChI=1S/C35H38N6O15/c1-21(36-25(14-13-22-9-5-4-6-10-22)32(43)53-17-15-51-29-27(34(45)49-2)40(47)55-37-29)31(42)39-20-24-12-8-7-11-23(24)19-26(39)33(44)54-18-16-52-30-28(35(46)50-3)41(48)56-38-30/h4-12,21,25-26,36H,13-20H2,1-3H3/t21-,25-,26-/m0/s1. The van der Waals surface area contributed by atoms with E-state index in [0.29, 0.717) is 6.42 Å². The second-order valence-electron chi connectivity index (χ2n) is 12.1. The van der Waals surface area contributed by atoms with Crippen molar-refractivity contribution in [3.05, 3.63) is 93.1 Å². The van der Waals surface area contributed by atoms with Gasteiger partial charge < -0.3 is 43.7 Å². The summed E-state index contributed by atoms with van der Waals surface area (Å²) in [6.07, 6.45) is 0.792. The molecular weight excluding hydrogens is 744 g/mol. The van der Waals surface area contributed by atoms with Crippen molar-refractivity contribution in [2.45, 2.75) is 50.9 Å². The van der Waals surface area contributed by atoms with E-state index in [2.05, 4.69) is 34.4 Å². The maximum atomic E-state index is 14.1. The quantitative estimate of drug-likeness (QED) is 0.0601. The van der Waals surface area contributed by atoms with Gasteiger partial charge in [-0.2, -0.15) is 0 Å². The fraction of sp³-hybridized carbons (Fsp3) is 0.400. The second-order valence-corrected chi connectivity index (χ2v) is 12.1. The van der Waals surface area contributed by atoms with Crippen LogP contribution in [0.25, 0.3) is 0 Å². The summed E-state index contributed by atoms with van der Waals surface area (Å²) in [6.45, 7) is 0.326. The molecule has 3 atom stereocenters. The SMILES string of the molecule is COC(=O)c1c(OCCOC(=O)[C@H](CCc2ccccc2)N[C@@H](C)C(=O)N2Cc3ccccc3C[C@H]2C(=O)OCCOc2no[n+]([O-])c2C(=O)OC)no[n+]1[O-]. The number of nitrogens with zero attached hydrogens (tertiary/aromatic N) is 5. The third-order valence-corrected chi connectivity index (χ3v) is 8.53. The number of methoxy groups -OCH3 is 2. The Balaban J connectivity index is 1.23. The average molecular weight is 783 g/mol. The molecule has 1 N–H and O–H groups in total. The van der Waals surface area contributed by atoms with E-state index in [4.69, 9.17) is 18.9 Å². The number of esters is 4. The first-order chi connectivity index (χ1) is 27.0. The normalized spacial score (nSPS) is 14.5. The summed E-state index contributed by atoms with van der Waals surface area (Å²) in [4.78, 5) is 65.8. The Morgan fingerprint density at radius 1 is 0.821 bits per heavy atom. The molecule has 0 radical (unpaired) electrons. The third kappa shape index (κ3) is 9.85. The van der Waals surface area contributed by atoms with Gasteiger partial charge in [-0.05, 0) is 46.3 Å². The Bertz CT molecular complexity index is 2000. The first-order valence-electron chi connectivity index (χ1n) is 17.1. The molecule has 3 heterocycles. The van der Waals surface area contributed by atoms with Crippen LogP contribution in [0.3, 0.4) is 0 Å². The minimum atomic E-state index is -1.06. The summed E-state index contributed by atoms with van der Waals surface area (Å²) in [5.74, 6) is -4.98. The Labute approximate surface area is 318 Å². The molecule has 0 saturated heterocycles. The van der Waals surface area contributed by atoms with Crippen LogP contribution in [0.4, 0.5) is 0 Å². The molecule has 21 nitrogen and oxygen atoms in total. The third-order valence-electron chi connectivity index (χ3n) is 8.53. The van der Waals surface area contributed by atoms with Gasteiger partial charge in [-0.25, -0.2) is 14.4 Å². The fourth-order valence-electron chi connectivity index (χ4n) is 5.75. The van der Waals surface area contributed by atoms with Gasteiger partial charge in [-0.3, -0.25) is 24.2 Å². The summed E-state index contributed by atoms with van der Waals surface area (Å²) < 4.78 is 39.3. The Morgan fingerprint density at radius 3 is 1.96 bits per heavy atom. The average Bonchev–Trinajstić information content (AvgIpc) is 3.78. The molecule has 1 aliphatic rings. The fourth-order valence-corrected chi connectivity index (χ4v) is 5.75. The number of carbonyl (C=O) groups is 5.